The van der Waals surface area contributed by atoms with Crippen molar-refractivity contribution in [1.29, 1.82) is 0 Å². The van der Waals surface area contributed by atoms with Crippen LogP contribution in [-0.2, 0) is 4.79 Å². The van der Waals surface area contributed by atoms with Crippen LogP contribution in [0.3, 0.4) is 0 Å². The predicted octanol–water partition coefficient (Wildman–Crippen LogP) is 1.03. The molecule has 2 amide bonds. The number of nitro benzene ring substituents is 1. The molecule has 0 aliphatic rings. The van der Waals surface area contributed by atoms with Crippen LogP contribution in [0.15, 0.2) is 18.2 Å². The van der Waals surface area contributed by atoms with Crippen molar-refractivity contribution in [3.63, 3.8) is 0 Å². The van der Waals surface area contributed by atoms with Crippen LogP contribution >= 0.6 is 11.6 Å². The first-order chi connectivity index (χ1) is 7.91. The minimum atomic E-state index is -0.811. The van der Waals surface area contributed by atoms with Gasteiger partial charge in [0.1, 0.15) is 5.56 Å². The fraction of sp³-hybridized carbons (Fsp3) is 0.111. The van der Waals surface area contributed by atoms with E-state index in [2.05, 4.69) is 0 Å². The molecular weight excluding hydrogens is 250 g/mol. The van der Waals surface area contributed by atoms with Gasteiger partial charge in [-0.1, -0.05) is 11.6 Å². The summed E-state index contributed by atoms with van der Waals surface area (Å²) in [5.74, 6) is -1.31. The molecule has 1 aromatic carbocycles. The summed E-state index contributed by atoms with van der Waals surface area (Å²) in [6.45, 7) is 1.19. The van der Waals surface area contributed by atoms with Gasteiger partial charge < -0.3 is 0 Å². The van der Waals surface area contributed by atoms with Crippen molar-refractivity contribution in [3.8, 4) is 0 Å². The normalized spacial score (nSPS) is 9.53. The zero-order chi connectivity index (χ0) is 13.0. The molecule has 0 bridgehead atoms. The minimum Gasteiger partial charge on any atom is -0.274 e. The molecule has 0 aliphatic heterocycles. The van der Waals surface area contributed by atoms with E-state index in [1.807, 2.05) is 10.9 Å². The van der Waals surface area contributed by atoms with E-state index in [1.54, 1.807) is 0 Å². The van der Waals surface area contributed by atoms with Crippen LogP contribution < -0.4 is 10.9 Å². The number of hydrogen-bond donors (Lipinski definition) is 2. The molecule has 0 fully saturated rings. The van der Waals surface area contributed by atoms with Gasteiger partial charge in [-0.2, -0.15) is 0 Å². The first-order valence-electron chi connectivity index (χ1n) is 4.42. The third kappa shape index (κ3) is 3.42. The maximum Gasteiger partial charge on any atom is 0.282 e. The summed E-state index contributed by atoms with van der Waals surface area (Å²) < 4.78 is 0. The molecule has 0 unspecified atom stereocenters. The Morgan fingerprint density at radius 3 is 2.53 bits per heavy atom. The van der Waals surface area contributed by atoms with E-state index in [1.165, 1.54) is 13.0 Å². The fourth-order valence-electron chi connectivity index (χ4n) is 1.06. The molecule has 8 heteroatoms. The molecule has 1 rings (SSSR count). The van der Waals surface area contributed by atoms with Gasteiger partial charge in [0.2, 0.25) is 5.91 Å². The molecule has 0 atom stereocenters. The van der Waals surface area contributed by atoms with Gasteiger partial charge in [0.15, 0.2) is 0 Å². The number of amides is 2. The Morgan fingerprint density at radius 2 is 2.00 bits per heavy atom. The van der Waals surface area contributed by atoms with Gasteiger partial charge in [-0.25, -0.2) is 0 Å². The van der Waals surface area contributed by atoms with Crippen LogP contribution in [0, 0.1) is 10.1 Å². The Morgan fingerprint density at radius 1 is 1.35 bits per heavy atom. The lowest BCUT2D eigenvalue weighted by atomic mass is 10.2. The molecule has 0 aliphatic carbocycles. The molecule has 1 aromatic rings. The van der Waals surface area contributed by atoms with E-state index in [0.29, 0.717) is 0 Å². The van der Waals surface area contributed by atoms with Gasteiger partial charge in [-0.05, 0) is 12.1 Å². The van der Waals surface area contributed by atoms with Crippen molar-refractivity contribution in [3.05, 3.63) is 38.9 Å². The largest absolute Gasteiger partial charge is 0.282 e. The lowest BCUT2D eigenvalue weighted by Crippen LogP contribution is -2.40. The Hall–Kier alpha value is -2.15. The molecule has 17 heavy (non-hydrogen) atoms. The summed E-state index contributed by atoms with van der Waals surface area (Å²) in [4.78, 5) is 32.1. The number of hydrogen-bond acceptors (Lipinski definition) is 4. The van der Waals surface area contributed by atoms with E-state index in [4.69, 9.17) is 11.6 Å². The topological polar surface area (TPSA) is 101 Å². The van der Waals surface area contributed by atoms with E-state index in [0.717, 1.165) is 12.1 Å². The van der Waals surface area contributed by atoms with E-state index in [9.17, 15) is 19.7 Å². The smallest absolute Gasteiger partial charge is 0.274 e. The average Bonchev–Trinajstić information content (AvgIpc) is 2.25. The standard InChI is InChI=1S/C9H8ClN3O4/c1-5(14)11-12-9(15)7-4-6(10)2-3-8(7)13(16)17/h2-4H,1H3,(H,11,14)(H,12,15). The maximum absolute atomic E-state index is 11.5. The molecular formula is C9H8ClN3O4. The monoisotopic (exact) mass is 257 g/mol. The lowest BCUT2D eigenvalue weighted by molar-refractivity contribution is -0.385. The summed E-state index contributed by atoms with van der Waals surface area (Å²) in [7, 11) is 0. The third-order valence-electron chi connectivity index (χ3n) is 1.75. The van der Waals surface area contributed by atoms with E-state index >= 15 is 0 Å². The summed E-state index contributed by atoms with van der Waals surface area (Å²) in [6.07, 6.45) is 0. The number of hydrazine groups is 1. The number of carbonyl (C=O) groups is 2. The molecule has 0 radical (unpaired) electrons. The second kappa shape index (κ2) is 5.26. The van der Waals surface area contributed by atoms with Gasteiger partial charge in [0.05, 0.1) is 4.92 Å². The van der Waals surface area contributed by atoms with Gasteiger partial charge in [-0.3, -0.25) is 30.6 Å². The van der Waals surface area contributed by atoms with Crippen LogP contribution in [0.5, 0.6) is 0 Å². The van der Waals surface area contributed by atoms with Crippen LogP contribution in [0.4, 0.5) is 5.69 Å². The molecule has 0 saturated heterocycles. The summed E-state index contributed by atoms with van der Waals surface area (Å²) >= 11 is 5.64. The van der Waals surface area contributed by atoms with Gasteiger partial charge >= 0.3 is 0 Å². The zero-order valence-corrected chi connectivity index (χ0v) is 9.45. The summed E-state index contributed by atoms with van der Waals surface area (Å²) in [5, 5.41) is 10.9. The van der Waals surface area contributed by atoms with Crippen molar-refractivity contribution in [2.24, 2.45) is 0 Å². The van der Waals surface area contributed by atoms with Crippen LogP contribution in [0.1, 0.15) is 17.3 Å². The predicted molar refractivity (Wildman–Crippen MR) is 59.4 cm³/mol. The van der Waals surface area contributed by atoms with Crippen LogP contribution in [0.25, 0.3) is 0 Å². The molecule has 90 valence electrons. The lowest BCUT2D eigenvalue weighted by Gasteiger charge is -2.05. The number of halogens is 1. The first kappa shape index (κ1) is 12.9. The Kier molecular flexibility index (Phi) is 4.00. The second-order valence-electron chi connectivity index (χ2n) is 3.05. The summed E-state index contributed by atoms with van der Waals surface area (Å²) in [6, 6.07) is 3.57. The molecule has 0 aromatic heterocycles. The molecule has 2 N–H and O–H groups in total. The Balaban J connectivity index is 3.02. The van der Waals surface area contributed by atoms with Gasteiger partial charge in [0, 0.05) is 18.0 Å². The molecule has 7 nitrogen and oxygen atoms in total. The van der Waals surface area contributed by atoms with Gasteiger partial charge in [0.25, 0.3) is 11.6 Å². The Bertz CT molecular complexity index is 489. The summed E-state index contributed by atoms with van der Waals surface area (Å²) in [5.41, 5.74) is 3.43. The van der Waals surface area contributed by atoms with Crippen molar-refractivity contribution in [1.82, 2.24) is 10.9 Å². The molecule has 0 saturated carbocycles. The number of nitrogens with one attached hydrogen (secondary N) is 2. The van der Waals surface area contributed by atoms with E-state index < -0.39 is 22.4 Å². The van der Waals surface area contributed by atoms with Gasteiger partial charge in [-0.15, -0.1) is 0 Å². The number of rotatable bonds is 2. The fourth-order valence-corrected chi connectivity index (χ4v) is 1.23. The van der Waals surface area contributed by atoms with Crippen molar-refractivity contribution < 1.29 is 14.5 Å². The first-order valence-corrected chi connectivity index (χ1v) is 4.80. The molecule has 0 spiro atoms. The number of nitro groups is 1. The second-order valence-corrected chi connectivity index (χ2v) is 3.49. The zero-order valence-electron chi connectivity index (χ0n) is 8.69. The number of benzene rings is 1. The quantitative estimate of drug-likeness (QED) is 0.610. The third-order valence-corrected chi connectivity index (χ3v) is 1.99. The van der Waals surface area contributed by atoms with Crippen molar-refractivity contribution in [2.75, 3.05) is 0 Å². The van der Waals surface area contributed by atoms with Crippen molar-refractivity contribution in [2.45, 2.75) is 6.92 Å². The highest BCUT2D eigenvalue weighted by molar-refractivity contribution is 6.31. The maximum atomic E-state index is 11.5. The minimum absolute atomic E-state index is 0.184. The molecule has 0 heterocycles. The highest BCUT2D eigenvalue weighted by Gasteiger charge is 2.20. The van der Waals surface area contributed by atoms with Crippen LogP contribution in [-0.4, -0.2) is 16.7 Å². The number of carbonyl (C=O) groups excluding carboxylic acids is 2. The average molecular weight is 258 g/mol. The van der Waals surface area contributed by atoms with Crippen molar-refractivity contribution >= 4 is 29.1 Å². The number of nitrogens with zero attached hydrogens (tertiary/aromatic N) is 1. The highest BCUT2D eigenvalue weighted by atomic mass is 35.5. The Labute approximate surface area is 101 Å². The van der Waals surface area contributed by atoms with E-state index in [-0.39, 0.29) is 10.6 Å². The van der Waals surface area contributed by atoms with Crippen LogP contribution in [0.2, 0.25) is 5.02 Å². The highest BCUT2D eigenvalue weighted by Crippen LogP contribution is 2.22. The SMILES string of the molecule is CC(=O)NNC(=O)c1cc(Cl)ccc1[N+](=O)[O-].